The summed E-state index contributed by atoms with van der Waals surface area (Å²) in [6.07, 6.45) is 0. The van der Waals surface area contributed by atoms with Gasteiger partial charge in [0.15, 0.2) is 0 Å². The van der Waals surface area contributed by atoms with Gasteiger partial charge in [0.05, 0.1) is 5.25 Å². The summed E-state index contributed by atoms with van der Waals surface area (Å²) < 4.78 is 0. The summed E-state index contributed by atoms with van der Waals surface area (Å²) in [5.41, 5.74) is 0.976. The average molecular weight is 287 g/mol. The molecule has 1 atom stereocenters. The predicted octanol–water partition coefficient (Wildman–Crippen LogP) is 2.42. The minimum Gasteiger partial charge on any atom is -0.341 e. The topological polar surface area (TPSA) is 58.2 Å². The van der Waals surface area contributed by atoms with Gasteiger partial charge in [-0.05, 0) is 18.6 Å². The summed E-state index contributed by atoms with van der Waals surface area (Å²) in [5.74, 6) is 0.313. The standard InChI is InChI=1S/C12H15ClN2O2S/c1-8(11(16)15-12(17)14-2)18-7-9-5-3-4-6-10(9)13/h3-6,8H,7H2,1-2H3,(H2,14,15,16,17)/t8-/m1/s1. The Kier molecular flexibility index (Phi) is 6.01. The molecular weight excluding hydrogens is 272 g/mol. The van der Waals surface area contributed by atoms with Gasteiger partial charge in [-0.2, -0.15) is 0 Å². The van der Waals surface area contributed by atoms with Gasteiger partial charge < -0.3 is 5.32 Å². The number of rotatable bonds is 4. The number of hydrogen-bond acceptors (Lipinski definition) is 3. The van der Waals surface area contributed by atoms with Crippen LogP contribution in [0.4, 0.5) is 4.79 Å². The number of imide groups is 1. The van der Waals surface area contributed by atoms with Crippen molar-refractivity contribution in [3.63, 3.8) is 0 Å². The fraction of sp³-hybridized carbons (Fsp3) is 0.333. The van der Waals surface area contributed by atoms with E-state index in [0.717, 1.165) is 5.56 Å². The number of amides is 3. The largest absolute Gasteiger partial charge is 0.341 e. The highest BCUT2D eigenvalue weighted by Crippen LogP contribution is 2.23. The van der Waals surface area contributed by atoms with Crippen molar-refractivity contribution in [1.82, 2.24) is 10.6 Å². The van der Waals surface area contributed by atoms with E-state index in [0.29, 0.717) is 10.8 Å². The zero-order valence-electron chi connectivity index (χ0n) is 10.2. The third kappa shape index (κ3) is 4.58. The van der Waals surface area contributed by atoms with Crippen LogP contribution < -0.4 is 10.6 Å². The highest BCUT2D eigenvalue weighted by atomic mass is 35.5. The van der Waals surface area contributed by atoms with Crippen LogP contribution in [-0.4, -0.2) is 24.2 Å². The van der Waals surface area contributed by atoms with Crippen LogP contribution >= 0.6 is 23.4 Å². The minimum absolute atomic E-state index is 0.314. The summed E-state index contributed by atoms with van der Waals surface area (Å²) >= 11 is 7.44. The molecule has 98 valence electrons. The van der Waals surface area contributed by atoms with Crippen LogP contribution in [0.1, 0.15) is 12.5 Å². The van der Waals surface area contributed by atoms with Crippen LogP contribution in [0.3, 0.4) is 0 Å². The molecule has 1 rings (SSSR count). The second-order valence-corrected chi connectivity index (χ2v) is 5.35. The van der Waals surface area contributed by atoms with Crippen LogP contribution in [0.2, 0.25) is 5.02 Å². The third-order valence-corrected chi connectivity index (χ3v) is 3.84. The van der Waals surface area contributed by atoms with Crippen molar-refractivity contribution in [1.29, 1.82) is 0 Å². The lowest BCUT2D eigenvalue weighted by atomic mass is 10.2. The van der Waals surface area contributed by atoms with E-state index in [9.17, 15) is 9.59 Å². The number of hydrogen-bond donors (Lipinski definition) is 2. The van der Waals surface area contributed by atoms with Gasteiger partial charge in [0.25, 0.3) is 0 Å². The Balaban J connectivity index is 2.46. The van der Waals surface area contributed by atoms with Crippen LogP contribution in [-0.2, 0) is 10.5 Å². The van der Waals surface area contributed by atoms with Crippen LogP contribution in [0.15, 0.2) is 24.3 Å². The van der Waals surface area contributed by atoms with E-state index in [1.165, 1.54) is 18.8 Å². The summed E-state index contributed by atoms with van der Waals surface area (Å²) in [6.45, 7) is 1.75. The number of carbonyl (C=O) groups is 2. The summed E-state index contributed by atoms with van der Waals surface area (Å²) in [5, 5.41) is 4.93. The lowest BCUT2D eigenvalue weighted by Crippen LogP contribution is -2.41. The van der Waals surface area contributed by atoms with E-state index >= 15 is 0 Å². The zero-order chi connectivity index (χ0) is 13.5. The van der Waals surface area contributed by atoms with Crippen molar-refractivity contribution in [2.45, 2.75) is 17.9 Å². The van der Waals surface area contributed by atoms with Crippen molar-refractivity contribution in [3.05, 3.63) is 34.9 Å². The van der Waals surface area contributed by atoms with E-state index in [2.05, 4.69) is 10.6 Å². The molecule has 0 aliphatic rings. The lowest BCUT2D eigenvalue weighted by molar-refractivity contribution is -0.119. The van der Waals surface area contributed by atoms with E-state index in [1.54, 1.807) is 6.92 Å². The van der Waals surface area contributed by atoms with Crippen molar-refractivity contribution in [3.8, 4) is 0 Å². The van der Waals surface area contributed by atoms with Crippen molar-refractivity contribution < 1.29 is 9.59 Å². The number of thioether (sulfide) groups is 1. The molecule has 0 aliphatic heterocycles. The maximum atomic E-state index is 11.6. The molecule has 3 amide bonds. The summed E-state index contributed by atoms with van der Waals surface area (Å²) in [6, 6.07) is 6.99. The smallest absolute Gasteiger partial charge is 0.321 e. The zero-order valence-corrected chi connectivity index (χ0v) is 11.8. The monoisotopic (exact) mass is 286 g/mol. The van der Waals surface area contributed by atoms with Crippen LogP contribution in [0, 0.1) is 0 Å². The second-order valence-electron chi connectivity index (χ2n) is 3.61. The average Bonchev–Trinajstić information content (AvgIpc) is 2.37. The Morgan fingerprint density at radius 2 is 2.06 bits per heavy atom. The molecule has 0 fully saturated rings. The highest BCUT2D eigenvalue weighted by Gasteiger charge is 2.15. The molecule has 6 heteroatoms. The summed E-state index contributed by atoms with van der Waals surface area (Å²) in [4.78, 5) is 22.6. The van der Waals surface area contributed by atoms with Gasteiger partial charge in [-0.1, -0.05) is 29.8 Å². The first kappa shape index (κ1) is 14.9. The molecule has 4 nitrogen and oxygen atoms in total. The van der Waals surface area contributed by atoms with Gasteiger partial charge >= 0.3 is 6.03 Å². The van der Waals surface area contributed by atoms with Gasteiger partial charge in [-0.3, -0.25) is 10.1 Å². The molecule has 0 radical (unpaired) electrons. The van der Waals surface area contributed by atoms with E-state index in [-0.39, 0.29) is 11.2 Å². The maximum Gasteiger partial charge on any atom is 0.321 e. The first-order chi connectivity index (χ1) is 8.54. The molecule has 0 bridgehead atoms. The molecule has 18 heavy (non-hydrogen) atoms. The maximum absolute atomic E-state index is 11.6. The second kappa shape index (κ2) is 7.28. The molecule has 0 spiro atoms. The first-order valence-corrected chi connectivity index (χ1v) is 6.85. The lowest BCUT2D eigenvalue weighted by Gasteiger charge is -2.11. The predicted molar refractivity (Wildman–Crippen MR) is 74.8 cm³/mol. The van der Waals surface area contributed by atoms with Gasteiger partial charge in [-0.25, -0.2) is 4.79 Å². The highest BCUT2D eigenvalue weighted by molar-refractivity contribution is 7.99. The molecule has 0 saturated heterocycles. The number of carbonyl (C=O) groups excluding carboxylic acids is 2. The Labute approximate surface area is 115 Å². The number of benzene rings is 1. The van der Waals surface area contributed by atoms with Crippen molar-refractivity contribution >= 4 is 35.3 Å². The number of halogens is 1. The van der Waals surface area contributed by atoms with Crippen LogP contribution in [0.25, 0.3) is 0 Å². The Morgan fingerprint density at radius 3 is 2.67 bits per heavy atom. The quantitative estimate of drug-likeness (QED) is 0.894. The Bertz CT molecular complexity index is 440. The Morgan fingerprint density at radius 1 is 1.39 bits per heavy atom. The summed E-state index contributed by atoms with van der Waals surface area (Å²) in [7, 11) is 1.46. The van der Waals surface area contributed by atoms with Gasteiger partial charge in [0.1, 0.15) is 0 Å². The minimum atomic E-state index is -0.495. The van der Waals surface area contributed by atoms with Crippen molar-refractivity contribution in [2.24, 2.45) is 0 Å². The van der Waals surface area contributed by atoms with Gasteiger partial charge in [-0.15, -0.1) is 11.8 Å². The SMILES string of the molecule is CNC(=O)NC(=O)[C@@H](C)SCc1ccccc1Cl. The number of urea groups is 1. The normalized spacial score (nSPS) is 11.7. The van der Waals surface area contributed by atoms with Crippen molar-refractivity contribution in [2.75, 3.05) is 7.05 Å². The van der Waals surface area contributed by atoms with E-state index in [4.69, 9.17) is 11.6 Å². The molecule has 0 saturated carbocycles. The molecule has 0 heterocycles. The molecular formula is C12H15ClN2O2S. The number of nitrogens with one attached hydrogen (secondary N) is 2. The van der Waals surface area contributed by atoms with E-state index in [1.807, 2.05) is 24.3 Å². The fourth-order valence-corrected chi connectivity index (χ4v) is 2.36. The Hall–Kier alpha value is -1.20. The van der Waals surface area contributed by atoms with Gasteiger partial charge in [0.2, 0.25) is 5.91 Å². The molecule has 2 N–H and O–H groups in total. The molecule has 1 aromatic carbocycles. The molecule has 0 aliphatic carbocycles. The molecule has 1 aromatic rings. The molecule has 0 aromatic heterocycles. The van der Waals surface area contributed by atoms with Gasteiger partial charge in [0, 0.05) is 17.8 Å². The van der Waals surface area contributed by atoms with E-state index < -0.39 is 6.03 Å². The molecule has 0 unspecified atom stereocenters. The third-order valence-electron chi connectivity index (χ3n) is 2.28. The van der Waals surface area contributed by atoms with Crippen LogP contribution in [0.5, 0.6) is 0 Å². The first-order valence-electron chi connectivity index (χ1n) is 5.42. The fourth-order valence-electron chi connectivity index (χ4n) is 1.18.